The average Bonchev–Trinajstić information content (AvgIpc) is 2.86. The lowest BCUT2D eigenvalue weighted by Crippen LogP contribution is -2.52. The van der Waals surface area contributed by atoms with E-state index in [2.05, 4.69) is 21.2 Å². The van der Waals surface area contributed by atoms with Crippen molar-refractivity contribution in [2.75, 3.05) is 13.2 Å². The Morgan fingerprint density at radius 2 is 1.60 bits per heavy atom. The van der Waals surface area contributed by atoms with Gasteiger partial charge in [-0.3, -0.25) is 9.59 Å². The summed E-state index contributed by atoms with van der Waals surface area (Å²) >= 11 is 9.41. The molecule has 0 bridgehead atoms. The van der Waals surface area contributed by atoms with Crippen molar-refractivity contribution in [1.29, 1.82) is 0 Å². The van der Waals surface area contributed by atoms with Crippen molar-refractivity contribution in [3.63, 3.8) is 0 Å². The largest absolute Gasteiger partial charge is 0.484 e. The predicted octanol–water partition coefficient (Wildman–Crippen LogP) is 5.89. The maximum Gasteiger partial charge on any atom is 0.261 e. The fourth-order valence-corrected chi connectivity index (χ4v) is 3.91. The number of hydrogen-bond donors (Lipinski definition) is 1. The van der Waals surface area contributed by atoms with Crippen LogP contribution in [0, 0.1) is 5.92 Å². The van der Waals surface area contributed by atoms with Crippen molar-refractivity contribution in [3.8, 4) is 5.75 Å². The summed E-state index contributed by atoms with van der Waals surface area (Å²) < 4.78 is 6.69. The van der Waals surface area contributed by atoms with Crippen LogP contribution in [-0.2, 0) is 22.6 Å². The fraction of sp³-hybridized carbons (Fsp3) is 0.286. The number of ether oxygens (including phenoxy) is 1. The number of carbonyl (C=O) groups excluding carboxylic acids is 2. The van der Waals surface area contributed by atoms with Gasteiger partial charge in [0, 0.05) is 29.0 Å². The lowest BCUT2D eigenvalue weighted by molar-refractivity contribution is -0.142. The molecule has 0 aliphatic rings. The molecule has 0 unspecified atom stereocenters. The van der Waals surface area contributed by atoms with Gasteiger partial charge in [-0.15, -0.1) is 0 Å². The Balaban J connectivity index is 1.88. The monoisotopic (exact) mass is 556 g/mol. The molecular weight excluding hydrogens is 528 g/mol. The minimum absolute atomic E-state index is 0.181. The molecule has 3 aromatic rings. The van der Waals surface area contributed by atoms with E-state index in [0.29, 0.717) is 29.7 Å². The predicted molar refractivity (Wildman–Crippen MR) is 143 cm³/mol. The Hall–Kier alpha value is -2.83. The molecule has 0 spiro atoms. The van der Waals surface area contributed by atoms with Crippen molar-refractivity contribution >= 4 is 39.3 Å². The highest BCUT2D eigenvalue weighted by atomic mass is 79.9. The van der Waals surface area contributed by atoms with Gasteiger partial charge in [-0.1, -0.05) is 83.8 Å². The van der Waals surface area contributed by atoms with Crippen LogP contribution >= 0.6 is 27.5 Å². The van der Waals surface area contributed by atoms with E-state index >= 15 is 0 Å². The number of hydrogen-bond acceptors (Lipinski definition) is 3. The Morgan fingerprint density at radius 3 is 2.23 bits per heavy atom. The van der Waals surface area contributed by atoms with E-state index in [1.54, 1.807) is 29.2 Å². The zero-order chi connectivity index (χ0) is 25.2. The second-order valence-corrected chi connectivity index (χ2v) is 10.1. The number of nitrogens with zero attached hydrogens (tertiary/aromatic N) is 1. The van der Waals surface area contributed by atoms with E-state index in [1.807, 2.05) is 68.4 Å². The fourth-order valence-electron chi connectivity index (χ4n) is 3.52. The normalized spacial score (nSPS) is 11.7. The van der Waals surface area contributed by atoms with Gasteiger partial charge in [0.25, 0.3) is 5.91 Å². The molecule has 2 amide bonds. The first kappa shape index (κ1) is 26.8. The number of benzene rings is 3. The summed E-state index contributed by atoms with van der Waals surface area (Å²) in [5.74, 6) is 0.374. The van der Waals surface area contributed by atoms with Gasteiger partial charge in [0.2, 0.25) is 5.91 Å². The summed E-state index contributed by atoms with van der Waals surface area (Å²) in [6.07, 6.45) is 0.397. The van der Waals surface area contributed by atoms with E-state index in [1.165, 1.54) is 0 Å². The van der Waals surface area contributed by atoms with Gasteiger partial charge in [0.1, 0.15) is 11.8 Å². The SMILES string of the molecule is CC(C)CNC(=O)[C@@H](Cc1ccccc1)N(Cc1ccc(Br)cc1)C(=O)COc1ccc(Cl)cc1. The quantitative estimate of drug-likeness (QED) is 0.320. The molecule has 1 atom stereocenters. The molecule has 0 saturated heterocycles. The Morgan fingerprint density at radius 1 is 0.943 bits per heavy atom. The van der Waals surface area contributed by atoms with E-state index in [9.17, 15) is 9.59 Å². The van der Waals surface area contributed by atoms with Crippen molar-refractivity contribution in [2.45, 2.75) is 32.9 Å². The molecule has 7 heteroatoms. The summed E-state index contributed by atoms with van der Waals surface area (Å²) in [6.45, 7) is 4.70. The topological polar surface area (TPSA) is 58.6 Å². The standard InChI is InChI=1S/C28H30BrClN2O3/c1-20(2)17-31-28(34)26(16-21-6-4-3-5-7-21)32(18-22-8-10-23(29)11-9-22)27(33)19-35-25-14-12-24(30)13-15-25/h3-15,20,26H,16-19H2,1-2H3,(H,31,34)/t26-/m1/s1. The van der Waals surface area contributed by atoms with Gasteiger partial charge in [-0.2, -0.15) is 0 Å². The highest BCUT2D eigenvalue weighted by Crippen LogP contribution is 2.19. The van der Waals surface area contributed by atoms with Crippen LogP contribution in [0.25, 0.3) is 0 Å². The highest BCUT2D eigenvalue weighted by Gasteiger charge is 2.30. The molecule has 0 aliphatic heterocycles. The zero-order valence-corrected chi connectivity index (χ0v) is 22.3. The smallest absolute Gasteiger partial charge is 0.261 e. The minimum Gasteiger partial charge on any atom is -0.484 e. The van der Waals surface area contributed by atoms with Gasteiger partial charge < -0.3 is 15.0 Å². The number of halogens is 2. The summed E-state index contributed by atoms with van der Waals surface area (Å²) in [4.78, 5) is 28.5. The number of nitrogens with one attached hydrogen (secondary N) is 1. The van der Waals surface area contributed by atoms with Crippen LogP contribution in [0.1, 0.15) is 25.0 Å². The summed E-state index contributed by atoms with van der Waals surface area (Å²) in [5, 5.41) is 3.61. The first-order chi connectivity index (χ1) is 16.8. The van der Waals surface area contributed by atoms with Crippen LogP contribution in [0.4, 0.5) is 0 Å². The molecule has 0 saturated carbocycles. The lowest BCUT2D eigenvalue weighted by Gasteiger charge is -2.31. The van der Waals surface area contributed by atoms with Crippen LogP contribution in [0.5, 0.6) is 5.75 Å². The molecule has 184 valence electrons. The second-order valence-electron chi connectivity index (χ2n) is 8.74. The molecular formula is C28H30BrClN2O3. The summed E-state index contributed by atoms with van der Waals surface area (Å²) in [7, 11) is 0. The van der Waals surface area contributed by atoms with E-state index in [4.69, 9.17) is 16.3 Å². The highest BCUT2D eigenvalue weighted by molar-refractivity contribution is 9.10. The van der Waals surface area contributed by atoms with Crippen LogP contribution in [0.2, 0.25) is 5.02 Å². The average molecular weight is 558 g/mol. The van der Waals surface area contributed by atoms with Gasteiger partial charge in [0.15, 0.2) is 6.61 Å². The molecule has 0 aliphatic carbocycles. The number of carbonyl (C=O) groups is 2. The van der Waals surface area contributed by atoms with Crippen LogP contribution in [-0.4, -0.2) is 35.9 Å². The third-order valence-electron chi connectivity index (χ3n) is 5.40. The van der Waals surface area contributed by atoms with E-state index in [0.717, 1.165) is 15.6 Å². The van der Waals surface area contributed by atoms with Crippen molar-refractivity contribution in [2.24, 2.45) is 5.92 Å². The van der Waals surface area contributed by atoms with E-state index in [-0.39, 0.29) is 25.0 Å². The molecule has 5 nitrogen and oxygen atoms in total. The third kappa shape index (κ3) is 8.71. The van der Waals surface area contributed by atoms with Gasteiger partial charge in [-0.25, -0.2) is 0 Å². The van der Waals surface area contributed by atoms with Gasteiger partial charge in [-0.05, 0) is 53.4 Å². The van der Waals surface area contributed by atoms with Crippen LogP contribution in [0.3, 0.4) is 0 Å². The molecule has 0 aromatic heterocycles. The van der Waals surface area contributed by atoms with Crippen LogP contribution < -0.4 is 10.1 Å². The van der Waals surface area contributed by atoms with Crippen molar-refractivity contribution in [3.05, 3.63) is 99.5 Å². The van der Waals surface area contributed by atoms with Gasteiger partial charge in [0.05, 0.1) is 0 Å². The Kier molecular flexibility index (Phi) is 10.2. The summed E-state index contributed by atoms with van der Waals surface area (Å²) in [5.41, 5.74) is 1.90. The van der Waals surface area contributed by atoms with Gasteiger partial charge >= 0.3 is 0 Å². The molecule has 0 radical (unpaired) electrons. The molecule has 3 rings (SSSR count). The first-order valence-corrected chi connectivity index (χ1v) is 12.7. The summed E-state index contributed by atoms with van der Waals surface area (Å²) in [6, 6.07) is 23.6. The Labute approximate surface area is 220 Å². The minimum atomic E-state index is -0.693. The Bertz CT molecular complexity index is 1090. The first-order valence-electron chi connectivity index (χ1n) is 11.6. The molecule has 0 heterocycles. The molecule has 0 fully saturated rings. The van der Waals surface area contributed by atoms with E-state index < -0.39 is 6.04 Å². The maximum absolute atomic E-state index is 13.5. The van der Waals surface area contributed by atoms with Crippen molar-refractivity contribution < 1.29 is 14.3 Å². The zero-order valence-electron chi connectivity index (χ0n) is 19.9. The number of rotatable bonds is 11. The second kappa shape index (κ2) is 13.3. The molecule has 1 N–H and O–H groups in total. The third-order valence-corrected chi connectivity index (χ3v) is 6.18. The molecule has 3 aromatic carbocycles. The molecule has 35 heavy (non-hydrogen) atoms. The maximum atomic E-state index is 13.5. The lowest BCUT2D eigenvalue weighted by atomic mass is 10.0. The number of amides is 2. The van der Waals surface area contributed by atoms with Crippen LogP contribution in [0.15, 0.2) is 83.3 Å². The van der Waals surface area contributed by atoms with Crippen molar-refractivity contribution in [1.82, 2.24) is 10.2 Å².